The fourth-order valence-electron chi connectivity index (χ4n) is 0.941. The van der Waals surface area contributed by atoms with Crippen LogP contribution in [0.5, 0.6) is 0 Å². The number of hydrogen-bond acceptors (Lipinski definition) is 4. The maximum absolute atomic E-state index is 11.0. The SMILES string of the molecule is CCOC(=O)/C=C/c1cncc(Br)c1N. The molecule has 1 heterocycles. The smallest absolute Gasteiger partial charge is 0.330 e. The molecular weight excluding hydrogens is 260 g/mol. The van der Waals surface area contributed by atoms with E-state index in [0.29, 0.717) is 22.3 Å². The molecule has 4 nitrogen and oxygen atoms in total. The number of anilines is 1. The van der Waals surface area contributed by atoms with Gasteiger partial charge in [0.25, 0.3) is 0 Å². The average molecular weight is 271 g/mol. The molecule has 0 aliphatic rings. The summed E-state index contributed by atoms with van der Waals surface area (Å²) in [7, 11) is 0. The number of carbonyl (C=O) groups excluding carboxylic acids is 1. The van der Waals surface area contributed by atoms with Crippen molar-refractivity contribution in [1.29, 1.82) is 0 Å². The second-order valence-electron chi connectivity index (χ2n) is 2.71. The molecule has 1 rings (SSSR count). The van der Waals surface area contributed by atoms with Crippen molar-refractivity contribution < 1.29 is 9.53 Å². The van der Waals surface area contributed by atoms with Gasteiger partial charge in [-0.15, -0.1) is 0 Å². The lowest BCUT2D eigenvalue weighted by atomic mass is 10.2. The van der Waals surface area contributed by atoms with Gasteiger partial charge < -0.3 is 10.5 Å². The zero-order chi connectivity index (χ0) is 11.3. The van der Waals surface area contributed by atoms with Crippen LogP contribution in [0.25, 0.3) is 6.08 Å². The highest BCUT2D eigenvalue weighted by Gasteiger charge is 2.01. The second kappa shape index (κ2) is 5.50. The molecule has 1 aromatic rings. The van der Waals surface area contributed by atoms with Gasteiger partial charge in [0.05, 0.1) is 16.8 Å². The highest BCUT2D eigenvalue weighted by atomic mass is 79.9. The maximum atomic E-state index is 11.0. The van der Waals surface area contributed by atoms with E-state index in [1.165, 1.54) is 6.08 Å². The third-order valence-corrected chi connectivity index (χ3v) is 2.29. The Bertz CT molecular complexity index is 391. The van der Waals surface area contributed by atoms with Crippen molar-refractivity contribution in [2.24, 2.45) is 0 Å². The summed E-state index contributed by atoms with van der Waals surface area (Å²) in [5.41, 5.74) is 6.98. The van der Waals surface area contributed by atoms with Gasteiger partial charge in [-0.25, -0.2) is 4.79 Å². The minimum Gasteiger partial charge on any atom is -0.463 e. The first kappa shape index (κ1) is 11.7. The second-order valence-corrected chi connectivity index (χ2v) is 3.56. The summed E-state index contributed by atoms with van der Waals surface area (Å²) < 4.78 is 5.44. The van der Waals surface area contributed by atoms with E-state index in [2.05, 4.69) is 20.9 Å². The van der Waals surface area contributed by atoms with Crippen LogP contribution in [0.1, 0.15) is 12.5 Å². The summed E-state index contributed by atoms with van der Waals surface area (Å²) in [5.74, 6) is -0.392. The van der Waals surface area contributed by atoms with E-state index >= 15 is 0 Å². The monoisotopic (exact) mass is 270 g/mol. The van der Waals surface area contributed by atoms with Crippen molar-refractivity contribution in [3.63, 3.8) is 0 Å². The Hall–Kier alpha value is -1.36. The van der Waals surface area contributed by atoms with E-state index in [4.69, 9.17) is 10.5 Å². The molecule has 0 aromatic carbocycles. The Balaban J connectivity index is 2.81. The molecule has 0 unspecified atom stereocenters. The quantitative estimate of drug-likeness (QED) is 0.674. The van der Waals surface area contributed by atoms with Gasteiger partial charge >= 0.3 is 5.97 Å². The Morgan fingerprint density at radius 2 is 2.40 bits per heavy atom. The number of rotatable bonds is 3. The summed E-state index contributed by atoms with van der Waals surface area (Å²) in [4.78, 5) is 15.0. The van der Waals surface area contributed by atoms with Crippen molar-refractivity contribution in [3.05, 3.63) is 28.5 Å². The molecule has 2 N–H and O–H groups in total. The molecule has 0 atom stereocenters. The van der Waals surface area contributed by atoms with Crippen molar-refractivity contribution in [1.82, 2.24) is 4.98 Å². The number of nitrogens with two attached hydrogens (primary N) is 1. The fraction of sp³-hybridized carbons (Fsp3) is 0.200. The first-order chi connectivity index (χ1) is 7.15. The normalized spacial score (nSPS) is 10.5. The molecule has 0 saturated carbocycles. The number of aromatic nitrogens is 1. The van der Waals surface area contributed by atoms with Crippen LogP contribution < -0.4 is 5.73 Å². The standard InChI is InChI=1S/C10H11BrN2O2/c1-2-15-9(14)4-3-7-5-13-6-8(11)10(7)12/h3-6H,2H2,1H3,(H2,12,13)/b4-3+. The highest BCUT2D eigenvalue weighted by molar-refractivity contribution is 9.10. The van der Waals surface area contributed by atoms with E-state index in [1.54, 1.807) is 25.4 Å². The van der Waals surface area contributed by atoms with Crippen molar-refractivity contribution in [3.8, 4) is 0 Å². The summed E-state index contributed by atoms with van der Waals surface area (Å²) in [5, 5.41) is 0. The molecule has 0 saturated heterocycles. The van der Waals surface area contributed by atoms with Crippen LogP contribution in [-0.4, -0.2) is 17.6 Å². The fourth-order valence-corrected chi connectivity index (χ4v) is 1.29. The number of carbonyl (C=O) groups is 1. The third-order valence-electron chi connectivity index (χ3n) is 1.66. The zero-order valence-corrected chi connectivity index (χ0v) is 9.82. The Labute approximate surface area is 96.3 Å². The number of nitrogen functional groups attached to an aromatic ring is 1. The number of ether oxygens (including phenoxy) is 1. The largest absolute Gasteiger partial charge is 0.463 e. The minimum atomic E-state index is -0.392. The van der Waals surface area contributed by atoms with Crippen LogP contribution >= 0.6 is 15.9 Å². The predicted octanol–water partition coefficient (Wildman–Crippen LogP) is 2.00. The molecule has 0 aliphatic heterocycles. The summed E-state index contributed by atoms with van der Waals surface area (Å²) in [6.45, 7) is 2.11. The van der Waals surface area contributed by atoms with E-state index in [0.717, 1.165) is 0 Å². The molecule has 0 aliphatic carbocycles. The van der Waals surface area contributed by atoms with Gasteiger partial charge in [-0.1, -0.05) is 0 Å². The zero-order valence-electron chi connectivity index (χ0n) is 8.24. The van der Waals surface area contributed by atoms with Gasteiger partial charge in [0.15, 0.2) is 0 Å². The first-order valence-electron chi connectivity index (χ1n) is 4.39. The molecular formula is C10H11BrN2O2. The Morgan fingerprint density at radius 3 is 3.07 bits per heavy atom. The van der Waals surface area contributed by atoms with E-state index < -0.39 is 5.97 Å². The molecule has 0 bridgehead atoms. The van der Waals surface area contributed by atoms with Gasteiger partial charge in [-0.3, -0.25) is 4.98 Å². The van der Waals surface area contributed by atoms with Crippen LogP contribution in [0.2, 0.25) is 0 Å². The lowest BCUT2D eigenvalue weighted by Crippen LogP contribution is -1.99. The third kappa shape index (κ3) is 3.36. The summed E-state index contributed by atoms with van der Waals surface area (Å²) in [6, 6.07) is 0. The molecule has 0 radical (unpaired) electrons. The van der Waals surface area contributed by atoms with Crippen LogP contribution in [-0.2, 0) is 9.53 Å². The van der Waals surface area contributed by atoms with Gasteiger partial charge in [-0.2, -0.15) is 0 Å². The molecule has 80 valence electrons. The van der Waals surface area contributed by atoms with Crippen molar-refractivity contribution >= 4 is 33.7 Å². The van der Waals surface area contributed by atoms with Gasteiger partial charge in [0, 0.05) is 24.0 Å². The average Bonchev–Trinajstić information content (AvgIpc) is 2.21. The minimum absolute atomic E-state index is 0.357. The van der Waals surface area contributed by atoms with Crippen molar-refractivity contribution in [2.75, 3.05) is 12.3 Å². The van der Waals surface area contributed by atoms with Crippen molar-refractivity contribution in [2.45, 2.75) is 6.92 Å². The number of pyridine rings is 1. The number of hydrogen-bond donors (Lipinski definition) is 1. The molecule has 5 heteroatoms. The van der Waals surface area contributed by atoms with Gasteiger partial charge in [0.1, 0.15) is 0 Å². The number of nitrogens with zero attached hydrogens (tertiary/aromatic N) is 1. The predicted molar refractivity (Wildman–Crippen MR) is 62.0 cm³/mol. The van der Waals surface area contributed by atoms with Gasteiger partial charge in [0.2, 0.25) is 0 Å². The molecule has 0 spiro atoms. The van der Waals surface area contributed by atoms with Crippen LogP contribution in [0, 0.1) is 0 Å². The summed E-state index contributed by atoms with van der Waals surface area (Å²) >= 11 is 3.25. The van der Waals surface area contributed by atoms with Crippen LogP contribution in [0.3, 0.4) is 0 Å². The first-order valence-corrected chi connectivity index (χ1v) is 5.18. The number of halogens is 1. The maximum Gasteiger partial charge on any atom is 0.330 e. The highest BCUT2D eigenvalue weighted by Crippen LogP contribution is 2.22. The molecule has 1 aromatic heterocycles. The van der Waals surface area contributed by atoms with Gasteiger partial charge in [-0.05, 0) is 28.9 Å². The lowest BCUT2D eigenvalue weighted by Gasteiger charge is -2.01. The van der Waals surface area contributed by atoms with E-state index in [1.807, 2.05) is 0 Å². The Morgan fingerprint density at radius 1 is 1.67 bits per heavy atom. The Kier molecular flexibility index (Phi) is 4.30. The van der Waals surface area contributed by atoms with E-state index in [9.17, 15) is 4.79 Å². The molecule has 15 heavy (non-hydrogen) atoms. The number of esters is 1. The molecule has 0 amide bonds. The summed E-state index contributed by atoms with van der Waals surface area (Å²) in [6.07, 6.45) is 6.07. The topological polar surface area (TPSA) is 65.2 Å². The molecule has 0 fully saturated rings. The van der Waals surface area contributed by atoms with E-state index in [-0.39, 0.29) is 0 Å². The van der Waals surface area contributed by atoms with Crippen LogP contribution in [0.15, 0.2) is 22.9 Å². The van der Waals surface area contributed by atoms with Crippen LogP contribution in [0.4, 0.5) is 5.69 Å². The lowest BCUT2D eigenvalue weighted by molar-refractivity contribution is -0.137.